The Bertz CT molecular complexity index is 395. The summed E-state index contributed by atoms with van der Waals surface area (Å²) in [5.41, 5.74) is -0.0915. The van der Waals surface area contributed by atoms with E-state index in [0.29, 0.717) is 13.0 Å². The van der Waals surface area contributed by atoms with E-state index in [-0.39, 0.29) is 11.7 Å². The van der Waals surface area contributed by atoms with Gasteiger partial charge in [0.25, 0.3) is 0 Å². The molecule has 0 bridgehead atoms. The highest BCUT2D eigenvalue weighted by Gasteiger charge is 2.30. The van der Waals surface area contributed by atoms with Crippen molar-refractivity contribution in [1.82, 2.24) is 14.7 Å². The van der Waals surface area contributed by atoms with Crippen LogP contribution in [0.3, 0.4) is 0 Å². The largest absolute Gasteiger partial charge is 0.307 e. The van der Waals surface area contributed by atoms with Crippen molar-refractivity contribution >= 4 is 5.69 Å². The van der Waals surface area contributed by atoms with Crippen molar-refractivity contribution in [2.24, 2.45) is 0 Å². The second-order valence-corrected chi connectivity index (χ2v) is 4.07. The van der Waals surface area contributed by atoms with Crippen LogP contribution in [0.2, 0.25) is 0 Å². The molecule has 0 radical (unpaired) electrons. The van der Waals surface area contributed by atoms with Crippen LogP contribution in [0.1, 0.15) is 12.5 Å². The van der Waals surface area contributed by atoms with Gasteiger partial charge in [-0.3, -0.25) is 14.8 Å². The Labute approximate surface area is 91.8 Å². The molecule has 1 aliphatic rings. The molecule has 0 N–H and O–H groups in total. The monoisotopic (exact) mass is 228 g/mol. The molecule has 0 spiro atoms. The minimum Gasteiger partial charge on any atom is -0.303 e. The number of nitro groups is 1. The molecule has 0 saturated carbocycles. The van der Waals surface area contributed by atoms with Gasteiger partial charge in [0.1, 0.15) is 18.6 Å². The average Bonchev–Trinajstić information content (AvgIpc) is 2.66. The number of halogens is 1. The van der Waals surface area contributed by atoms with E-state index in [1.165, 1.54) is 10.9 Å². The van der Waals surface area contributed by atoms with Gasteiger partial charge in [-0.25, -0.2) is 4.39 Å². The SMILES string of the molecule is CN1CC[C@@H](n2cc([N+](=O)[O-])cn2)[C@H](F)C1. The minimum absolute atomic E-state index is 0.0915. The smallest absolute Gasteiger partial charge is 0.303 e. The molecule has 1 aromatic rings. The lowest BCUT2D eigenvalue weighted by atomic mass is 10.0. The van der Waals surface area contributed by atoms with Gasteiger partial charge in [-0.2, -0.15) is 5.10 Å². The van der Waals surface area contributed by atoms with Gasteiger partial charge in [0.05, 0.1) is 11.0 Å². The molecule has 0 aromatic carbocycles. The topological polar surface area (TPSA) is 64.2 Å². The van der Waals surface area contributed by atoms with E-state index in [9.17, 15) is 14.5 Å². The first kappa shape index (κ1) is 11.0. The van der Waals surface area contributed by atoms with Crippen LogP contribution in [0.25, 0.3) is 0 Å². The summed E-state index contributed by atoms with van der Waals surface area (Å²) >= 11 is 0. The fourth-order valence-electron chi connectivity index (χ4n) is 1.95. The van der Waals surface area contributed by atoms with Gasteiger partial charge in [-0.05, 0) is 13.5 Å². The van der Waals surface area contributed by atoms with Crippen molar-refractivity contribution < 1.29 is 9.31 Å². The maximum atomic E-state index is 13.7. The number of piperidine rings is 1. The van der Waals surface area contributed by atoms with E-state index in [2.05, 4.69) is 5.10 Å². The van der Waals surface area contributed by atoms with Crippen molar-refractivity contribution in [3.63, 3.8) is 0 Å². The summed E-state index contributed by atoms with van der Waals surface area (Å²) in [6, 6.07) is -0.384. The van der Waals surface area contributed by atoms with Gasteiger partial charge >= 0.3 is 5.69 Å². The first-order valence-electron chi connectivity index (χ1n) is 5.09. The van der Waals surface area contributed by atoms with E-state index >= 15 is 0 Å². The molecule has 2 atom stereocenters. The molecule has 7 heteroatoms. The lowest BCUT2D eigenvalue weighted by molar-refractivity contribution is -0.385. The van der Waals surface area contributed by atoms with Crippen LogP contribution in [0.4, 0.5) is 10.1 Å². The summed E-state index contributed by atoms with van der Waals surface area (Å²) in [5, 5.41) is 14.3. The van der Waals surface area contributed by atoms with Crippen molar-refractivity contribution in [1.29, 1.82) is 0 Å². The van der Waals surface area contributed by atoms with E-state index in [0.717, 1.165) is 12.7 Å². The highest BCUT2D eigenvalue weighted by atomic mass is 19.1. The second kappa shape index (κ2) is 4.17. The Morgan fingerprint density at radius 1 is 1.69 bits per heavy atom. The molecule has 0 unspecified atom stereocenters. The van der Waals surface area contributed by atoms with Crippen LogP contribution in [-0.2, 0) is 0 Å². The maximum absolute atomic E-state index is 13.7. The van der Waals surface area contributed by atoms with Crippen LogP contribution < -0.4 is 0 Å². The molecule has 1 aromatic heterocycles. The first-order chi connectivity index (χ1) is 7.58. The Kier molecular flexibility index (Phi) is 2.86. The predicted octanol–water partition coefficient (Wildman–Crippen LogP) is 1.01. The van der Waals surface area contributed by atoms with Crippen molar-refractivity contribution in [3.05, 3.63) is 22.5 Å². The van der Waals surface area contributed by atoms with E-state index < -0.39 is 11.1 Å². The number of nitrogens with zero attached hydrogens (tertiary/aromatic N) is 4. The van der Waals surface area contributed by atoms with Crippen LogP contribution in [-0.4, -0.2) is 45.9 Å². The summed E-state index contributed by atoms with van der Waals surface area (Å²) in [7, 11) is 1.86. The molecule has 88 valence electrons. The standard InChI is InChI=1S/C9H13FN4O2/c1-12-3-2-9(8(10)6-12)13-5-7(4-11-13)14(15)16/h4-5,8-9H,2-3,6H2,1H3/t8-,9-/m1/s1. The number of aromatic nitrogens is 2. The molecule has 2 rings (SSSR count). The fraction of sp³-hybridized carbons (Fsp3) is 0.667. The highest BCUT2D eigenvalue weighted by molar-refractivity contribution is 5.21. The Morgan fingerprint density at radius 2 is 2.44 bits per heavy atom. The zero-order valence-electron chi connectivity index (χ0n) is 8.91. The molecule has 2 heterocycles. The minimum atomic E-state index is -1.03. The number of hydrogen-bond acceptors (Lipinski definition) is 4. The Hall–Kier alpha value is -1.50. The van der Waals surface area contributed by atoms with Crippen LogP contribution in [0, 0.1) is 10.1 Å². The van der Waals surface area contributed by atoms with Crippen LogP contribution >= 0.6 is 0 Å². The summed E-state index contributed by atoms with van der Waals surface area (Å²) in [6.45, 7) is 1.12. The van der Waals surface area contributed by atoms with E-state index in [1.807, 2.05) is 11.9 Å². The summed E-state index contributed by atoms with van der Waals surface area (Å²) < 4.78 is 15.1. The third-order valence-corrected chi connectivity index (χ3v) is 2.85. The predicted molar refractivity (Wildman–Crippen MR) is 54.9 cm³/mol. The van der Waals surface area contributed by atoms with E-state index in [1.54, 1.807) is 0 Å². The normalized spacial score (nSPS) is 26.9. The average molecular weight is 228 g/mol. The van der Waals surface area contributed by atoms with Gasteiger partial charge in [-0.15, -0.1) is 0 Å². The molecule has 0 aliphatic carbocycles. The first-order valence-corrected chi connectivity index (χ1v) is 5.09. The molecular formula is C9H13FN4O2. The molecule has 6 nitrogen and oxygen atoms in total. The van der Waals surface area contributed by atoms with Gasteiger partial charge in [0, 0.05) is 13.1 Å². The molecular weight excluding hydrogens is 215 g/mol. The van der Waals surface area contributed by atoms with Crippen molar-refractivity contribution in [3.8, 4) is 0 Å². The van der Waals surface area contributed by atoms with Gasteiger partial charge in [0.15, 0.2) is 0 Å². The van der Waals surface area contributed by atoms with Crippen LogP contribution in [0.15, 0.2) is 12.4 Å². The van der Waals surface area contributed by atoms with E-state index in [4.69, 9.17) is 0 Å². The maximum Gasteiger partial charge on any atom is 0.307 e. The molecule has 1 aliphatic heterocycles. The third-order valence-electron chi connectivity index (χ3n) is 2.85. The fourth-order valence-corrected chi connectivity index (χ4v) is 1.95. The quantitative estimate of drug-likeness (QED) is 0.559. The zero-order chi connectivity index (χ0) is 11.7. The molecule has 16 heavy (non-hydrogen) atoms. The van der Waals surface area contributed by atoms with Gasteiger partial charge in [0.2, 0.25) is 0 Å². The summed E-state index contributed by atoms with van der Waals surface area (Å²) in [6.07, 6.45) is 2.04. The Morgan fingerprint density at radius 3 is 3.00 bits per heavy atom. The number of alkyl halides is 1. The van der Waals surface area contributed by atoms with Crippen molar-refractivity contribution in [2.75, 3.05) is 20.1 Å². The molecule has 0 amide bonds. The van der Waals surface area contributed by atoms with Crippen molar-refractivity contribution in [2.45, 2.75) is 18.6 Å². The van der Waals surface area contributed by atoms with Gasteiger partial charge in [-0.1, -0.05) is 0 Å². The number of hydrogen-bond donors (Lipinski definition) is 0. The van der Waals surface area contributed by atoms with Crippen LogP contribution in [0.5, 0.6) is 0 Å². The molecule has 1 fully saturated rings. The molecule has 1 saturated heterocycles. The lowest BCUT2D eigenvalue weighted by Gasteiger charge is -2.32. The summed E-state index contributed by atoms with van der Waals surface area (Å²) in [4.78, 5) is 11.9. The highest BCUT2D eigenvalue weighted by Crippen LogP contribution is 2.25. The number of rotatable bonds is 2. The van der Waals surface area contributed by atoms with Gasteiger partial charge < -0.3 is 4.90 Å². The second-order valence-electron chi connectivity index (χ2n) is 4.07. The third kappa shape index (κ3) is 2.04. The lowest BCUT2D eigenvalue weighted by Crippen LogP contribution is -2.40. The Balaban J connectivity index is 2.14. The summed E-state index contributed by atoms with van der Waals surface area (Å²) in [5.74, 6) is 0. The zero-order valence-corrected chi connectivity index (χ0v) is 8.91. The number of likely N-dealkylation sites (tertiary alicyclic amines) is 1.